The Labute approximate surface area is 112 Å². The molecule has 1 aromatic heterocycles. The van der Waals surface area contributed by atoms with Gasteiger partial charge in [-0.05, 0) is 29.6 Å². The smallest absolute Gasteiger partial charge is 0.180 e. The Bertz CT molecular complexity index is 539. The number of ketones is 1. The number of hydrogen-bond donors (Lipinski definition) is 0. The average Bonchev–Trinajstić information content (AvgIpc) is 2.80. The Morgan fingerprint density at radius 3 is 2.88 bits per heavy atom. The van der Waals surface area contributed by atoms with Crippen molar-refractivity contribution in [1.82, 2.24) is 9.59 Å². The summed E-state index contributed by atoms with van der Waals surface area (Å²) in [6.07, 6.45) is 1.13. The van der Waals surface area contributed by atoms with Crippen LogP contribution in [0.25, 0.3) is 0 Å². The van der Waals surface area contributed by atoms with Crippen molar-refractivity contribution in [3.63, 3.8) is 0 Å². The van der Waals surface area contributed by atoms with Crippen LogP contribution in [0.15, 0.2) is 28.7 Å². The minimum absolute atomic E-state index is 0.0868. The van der Waals surface area contributed by atoms with Gasteiger partial charge in [-0.1, -0.05) is 45.5 Å². The molecular weight excluding hydrogens is 300 g/mol. The largest absolute Gasteiger partial charge is 0.293 e. The van der Waals surface area contributed by atoms with Crippen LogP contribution in [0.1, 0.15) is 27.9 Å². The second-order valence-electron chi connectivity index (χ2n) is 3.59. The lowest BCUT2D eigenvalue weighted by molar-refractivity contribution is 0.0995. The molecule has 0 aliphatic heterocycles. The number of aromatic nitrogens is 2. The summed E-state index contributed by atoms with van der Waals surface area (Å²) >= 11 is 4.62. The van der Waals surface area contributed by atoms with Gasteiger partial charge in [0.05, 0.1) is 5.69 Å². The van der Waals surface area contributed by atoms with Crippen LogP contribution in [0.4, 0.5) is 0 Å². The number of rotatable bonds is 4. The van der Waals surface area contributed by atoms with E-state index >= 15 is 0 Å². The molecule has 2 aromatic rings. The minimum atomic E-state index is 0.0868. The molecule has 0 atom stereocenters. The first-order chi connectivity index (χ1) is 8.22. The zero-order valence-electron chi connectivity index (χ0n) is 9.31. The van der Waals surface area contributed by atoms with E-state index in [0.717, 1.165) is 22.2 Å². The Kier molecular flexibility index (Phi) is 4.02. The van der Waals surface area contributed by atoms with Gasteiger partial charge in [0.2, 0.25) is 0 Å². The third-order valence-corrected chi connectivity index (χ3v) is 4.04. The molecule has 88 valence electrons. The monoisotopic (exact) mass is 310 g/mol. The van der Waals surface area contributed by atoms with E-state index in [2.05, 4.69) is 25.5 Å². The van der Waals surface area contributed by atoms with Gasteiger partial charge in [-0.15, -0.1) is 5.10 Å². The van der Waals surface area contributed by atoms with Crippen molar-refractivity contribution >= 4 is 33.2 Å². The normalized spacial score (nSPS) is 10.5. The summed E-state index contributed by atoms with van der Waals surface area (Å²) in [5.74, 6) is 0.0868. The SMILES string of the molecule is CCc1nnsc1C(=O)Cc1ccccc1Br. The van der Waals surface area contributed by atoms with E-state index < -0.39 is 0 Å². The number of Topliss-reactive ketones (excluding diaryl/α,β-unsaturated/α-hetero) is 1. The molecule has 0 spiro atoms. The highest BCUT2D eigenvalue weighted by Gasteiger charge is 2.16. The van der Waals surface area contributed by atoms with Crippen molar-refractivity contribution in [2.45, 2.75) is 19.8 Å². The fourth-order valence-electron chi connectivity index (χ4n) is 1.55. The first kappa shape index (κ1) is 12.4. The second-order valence-corrected chi connectivity index (χ2v) is 5.20. The van der Waals surface area contributed by atoms with Gasteiger partial charge in [-0.25, -0.2) is 0 Å². The maximum atomic E-state index is 12.1. The lowest BCUT2D eigenvalue weighted by Gasteiger charge is -2.02. The predicted molar refractivity (Wildman–Crippen MR) is 71.5 cm³/mol. The molecular formula is C12H11BrN2OS. The first-order valence-corrected chi connectivity index (χ1v) is 6.86. The highest BCUT2D eigenvalue weighted by molar-refractivity contribution is 9.10. The van der Waals surface area contributed by atoms with E-state index in [1.165, 1.54) is 11.5 Å². The van der Waals surface area contributed by atoms with Crippen molar-refractivity contribution in [1.29, 1.82) is 0 Å². The third-order valence-electron chi connectivity index (χ3n) is 2.45. The number of nitrogens with zero attached hydrogens (tertiary/aromatic N) is 2. The van der Waals surface area contributed by atoms with E-state index in [1.807, 2.05) is 31.2 Å². The van der Waals surface area contributed by atoms with Crippen LogP contribution < -0.4 is 0 Å². The quantitative estimate of drug-likeness (QED) is 0.814. The highest BCUT2D eigenvalue weighted by Crippen LogP contribution is 2.20. The van der Waals surface area contributed by atoms with Crippen LogP contribution >= 0.6 is 27.5 Å². The number of carbonyl (C=O) groups excluding carboxylic acids is 1. The van der Waals surface area contributed by atoms with Gasteiger partial charge < -0.3 is 0 Å². The third kappa shape index (κ3) is 2.79. The molecule has 0 aliphatic rings. The molecule has 0 aliphatic carbocycles. The maximum absolute atomic E-state index is 12.1. The molecule has 0 saturated heterocycles. The van der Waals surface area contributed by atoms with Crippen molar-refractivity contribution in [3.8, 4) is 0 Å². The average molecular weight is 311 g/mol. The summed E-state index contributed by atoms with van der Waals surface area (Å²) in [4.78, 5) is 12.8. The summed E-state index contributed by atoms with van der Waals surface area (Å²) in [5.41, 5.74) is 1.79. The number of aryl methyl sites for hydroxylation is 1. The Morgan fingerprint density at radius 2 is 2.18 bits per heavy atom. The standard InChI is InChI=1S/C12H11BrN2OS/c1-2-10-12(17-15-14-10)11(16)7-8-5-3-4-6-9(8)13/h3-6H,2,7H2,1H3. The van der Waals surface area contributed by atoms with Crippen molar-refractivity contribution in [3.05, 3.63) is 44.9 Å². The lowest BCUT2D eigenvalue weighted by atomic mass is 10.1. The second kappa shape index (κ2) is 5.51. The van der Waals surface area contributed by atoms with Crippen molar-refractivity contribution in [2.75, 3.05) is 0 Å². The topological polar surface area (TPSA) is 42.9 Å². The molecule has 0 bridgehead atoms. The van der Waals surface area contributed by atoms with Gasteiger partial charge in [0.25, 0.3) is 0 Å². The fraction of sp³-hybridized carbons (Fsp3) is 0.250. The summed E-state index contributed by atoms with van der Waals surface area (Å²) < 4.78 is 4.80. The summed E-state index contributed by atoms with van der Waals surface area (Å²) in [7, 11) is 0. The fourth-order valence-corrected chi connectivity index (χ4v) is 2.66. The molecule has 0 N–H and O–H groups in total. The van der Waals surface area contributed by atoms with Crippen LogP contribution in [0.2, 0.25) is 0 Å². The molecule has 0 amide bonds. The van der Waals surface area contributed by atoms with Crippen molar-refractivity contribution < 1.29 is 4.79 Å². The van der Waals surface area contributed by atoms with Crippen LogP contribution in [-0.4, -0.2) is 15.4 Å². The van der Waals surface area contributed by atoms with E-state index in [-0.39, 0.29) is 5.78 Å². The van der Waals surface area contributed by atoms with Crippen molar-refractivity contribution in [2.24, 2.45) is 0 Å². The summed E-state index contributed by atoms with van der Waals surface area (Å²) in [6.45, 7) is 1.98. The van der Waals surface area contributed by atoms with E-state index in [9.17, 15) is 4.79 Å². The van der Waals surface area contributed by atoms with Gasteiger partial charge in [0.1, 0.15) is 4.88 Å². The van der Waals surface area contributed by atoms with Crippen LogP contribution in [-0.2, 0) is 12.8 Å². The Hall–Kier alpha value is -1.07. The molecule has 0 saturated carbocycles. The number of hydrogen-bond acceptors (Lipinski definition) is 4. The summed E-state index contributed by atoms with van der Waals surface area (Å²) in [5, 5.41) is 3.96. The zero-order chi connectivity index (χ0) is 12.3. The molecule has 0 fully saturated rings. The zero-order valence-corrected chi connectivity index (χ0v) is 11.7. The van der Waals surface area contributed by atoms with Crippen LogP contribution in [0, 0.1) is 0 Å². The van der Waals surface area contributed by atoms with Crippen LogP contribution in [0.5, 0.6) is 0 Å². The van der Waals surface area contributed by atoms with E-state index in [0.29, 0.717) is 11.3 Å². The molecule has 3 nitrogen and oxygen atoms in total. The molecule has 5 heteroatoms. The van der Waals surface area contributed by atoms with Gasteiger partial charge in [-0.2, -0.15) is 0 Å². The lowest BCUT2D eigenvalue weighted by Crippen LogP contribution is -2.04. The molecule has 0 unspecified atom stereocenters. The minimum Gasteiger partial charge on any atom is -0.293 e. The highest BCUT2D eigenvalue weighted by atomic mass is 79.9. The molecule has 1 aromatic carbocycles. The first-order valence-electron chi connectivity index (χ1n) is 5.30. The van der Waals surface area contributed by atoms with Gasteiger partial charge >= 0.3 is 0 Å². The van der Waals surface area contributed by atoms with E-state index in [1.54, 1.807) is 0 Å². The Balaban J connectivity index is 2.20. The molecule has 1 heterocycles. The molecule has 2 rings (SSSR count). The number of benzene rings is 1. The number of carbonyl (C=O) groups is 1. The number of halogens is 1. The van der Waals surface area contributed by atoms with Gasteiger partial charge in [-0.3, -0.25) is 4.79 Å². The Morgan fingerprint density at radius 1 is 1.41 bits per heavy atom. The molecule has 17 heavy (non-hydrogen) atoms. The molecule has 0 radical (unpaired) electrons. The summed E-state index contributed by atoms with van der Waals surface area (Å²) in [6, 6.07) is 7.75. The van der Waals surface area contributed by atoms with Gasteiger partial charge in [0.15, 0.2) is 5.78 Å². The predicted octanol–water partition coefficient (Wildman–Crippen LogP) is 3.29. The van der Waals surface area contributed by atoms with Crippen LogP contribution in [0.3, 0.4) is 0 Å². The van der Waals surface area contributed by atoms with Gasteiger partial charge in [0, 0.05) is 10.9 Å². The maximum Gasteiger partial charge on any atom is 0.180 e. The van der Waals surface area contributed by atoms with E-state index in [4.69, 9.17) is 0 Å².